The van der Waals surface area contributed by atoms with E-state index in [9.17, 15) is 4.79 Å². The largest absolute Gasteiger partial charge is 0.348 e. The molecule has 1 amide bonds. The predicted octanol–water partition coefficient (Wildman–Crippen LogP) is 0.289. The standard InChI is InChI=1S/C13H20N4O/c1-16-4-6-17(7-5-16)13(18)10-2-3-11-12(8-10)15-9-14-11/h9-10H,2-8H2,1H3,(H,14,15). The summed E-state index contributed by atoms with van der Waals surface area (Å²) in [6.45, 7) is 3.74. The zero-order valence-corrected chi connectivity index (χ0v) is 10.9. The quantitative estimate of drug-likeness (QED) is 0.777. The van der Waals surface area contributed by atoms with Gasteiger partial charge in [0.1, 0.15) is 0 Å². The number of carbonyl (C=O) groups is 1. The Kier molecular flexibility index (Phi) is 3.07. The van der Waals surface area contributed by atoms with Gasteiger partial charge < -0.3 is 14.8 Å². The van der Waals surface area contributed by atoms with Crippen molar-refractivity contribution in [1.29, 1.82) is 0 Å². The van der Waals surface area contributed by atoms with E-state index < -0.39 is 0 Å². The second-order valence-electron chi connectivity index (χ2n) is 5.40. The Bertz CT molecular complexity index is 434. The van der Waals surface area contributed by atoms with E-state index in [1.807, 2.05) is 4.90 Å². The Morgan fingerprint density at radius 2 is 2.17 bits per heavy atom. The molecule has 2 aliphatic rings. The van der Waals surface area contributed by atoms with Gasteiger partial charge in [-0.15, -0.1) is 0 Å². The first-order valence-corrected chi connectivity index (χ1v) is 6.72. The molecule has 1 N–H and O–H groups in total. The van der Waals surface area contributed by atoms with Gasteiger partial charge in [-0.2, -0.15) is 0 Å². The molecule has 0 aromatic carbocycles. The number of fused-ring (bicyclic) bond motifs is 1. The van der Waals surface area contributed by atoms with Crippen molar-refractivity contribution in [2.24, 2.45) is 5.92 Å². The molecule has 0 saturated carbocycles. The van der Waals surface area contributed by atoms with Crippen LogP contribution in [0.1, 0.15) is 17.8 Å². The zero-order chi connectivity index (χ0) is 12.5. The van der Waals surface area contributed by atoms with E-state index in [1.54, 1.807) is 6.33 Å². The average molecular weight is 248 g/mol. The summed E-state index contributed by atoms with van der Waals surface area (Å²) in [5.41, 5.74) is 2.31. The second kappa shape index (κ2) is 4.72. The van der Waals surface area contributed by atoms with Crippen molar-refractivity contribution in [1.82, 2.24) is 19.8 Å². The molecule has 98 valence electrons. The van der Waals surface area contributed by atoms with Crippen LogP contribution in [-0.2, 0) is 17.6 Å². The third kappa shape index (κ3) is 2.14. The van der Waals surface area contributed by atoms with E-state index in [2.05, 4.69) is 21.9 Å². The molecule has 1 aromatic rings. The van der Waals surface area contributed by atoms with Crippen LogP contribution in [0.5, 0.6) is 0 Å². The molecule has 3 rings (SSSR count). The lowest BCUT2D eigenvalue weighted by Crippen LogP contribution is -2.49. The van der Waals surface area contributed by atoms with Gasteiger partial charge in [0.25, 0.3) is 0 Å². The number of aromatic nitrogens is 2. The molecule has 0 radical (unpaired) electrons. The first-order chi connectivity index (χ1) is 8.74. The van der Waals surface area contributed by atoms with Crippen molar-refractivity contribution in [2.45, 2.75) is 19.3 Å². The van der Waals surface area contributed by atoms with E-state index in [-0.39, 0.29) is 5.92 Å². The summed E-state index contributed by atoms with van der Waals surface area (Å²) in [4.78, 5) is 24.2. The normalized spacial score (nSPS) is 24.9. The van der Waals surface area contributed by atoms with Crippen LogP contribution >= 0.6 is 0 Å². The number of H-pyrrole nitrogens is 1. The lowest BCUT2D eigenvalue weighted by Gasteiger charge is -2.35. The van der Waals surface area contributed by atoms with Crippen molar-refractivity contribution in [3.63, 3.8) is 0 Å². The number of aromatic amines is 1. The molecule has 5 heteroatoms. The van der Waals surface area contributed by atoms with Gasteiger partial charge in [0.15, 0.2) is 0 Å². The third-order valence-electron chi connectivity index (χ3n) is 4.15. The van der Waals surface area contributed by atoms with Crippen molar-refractivity contribution >= 4 is 5.91 Å². The fourth-order valence-corrected chi connectivity index (χ4v) is 2.90. The number of piperazine rings is 1. The number of nitrogens with one attached hydrogen (secondary N) is 1. The van der Waals surface area contributed by atoms with Crippen LogP contribution < -0.4 is 0 Å². The summed E-state index contributed by atoms with van der Waals surface area (Å²) < 4.78 is 0. The smallest absolute Gasteiger partial charge is 0.226 e. The number of likely N-dealkylation sites (N-methyl/N-ethyl adjacent to an activating group) is 1. The van der Waals surface area contributed by atoms with Crippen LogP contribution in [0.25, 0.3) is 0 Å². The van der Waals surface area contributed by atoms with Gasteiger partial charge in [0.05, 0.1) is 12.0 Å². The van der Waals surface area contributed by atoms with Crippen LogP contribution in [0.2, 0.25) is 0 Å². The highest BCUT2D eigenvalue weighted by atomic mass is 16.2. The topological polar surface area (TPSA) is 52.2 Å². The lowest BCUT2D eigenvalue weighted by atomic mass is 9.88. The highest BCUT2D eigenvalue weighted by Crippen LogP contribution is 2.24. The molecule has 1 atom stereocenters. The zero-order valence-electron chi connectivity index (χ0n) is 10.9. The summed E-state index contributed by atoms with van der Waals surface area (Å²) in [6.07, 6.45) is 4.46. The van der Waals surface area contributed by atoms with E-state index in [0.29, 0.717) is 5.91 Å². The molecular weight excluding hydrogens is 228 g/mol. The van der Waals surface area contributed by atoms with Gasteiger partial charge >= 0.3 is 0 Å². The number of amides is 1. The first-order valence-electron chi connectivity index (χ1n) is 6.72. The van der Waals surface area contributed by atoms with Crippen LogP contribution in [0.15, 0.2) is 6.33 Å². The Labute approximate surface area is 107 Å². The number of imidazole rings is 1. The van der Waals surface area contributed by atoms with Gasteiger partial charge in [0.2, 0.25) is 5.91 Å². The SMILES string of the molecule is CN1CCN(C(=O)C2CCc3nc[nH]c3C2)CC1. The Balaban J connectivity index is 1.64. The van der Waals surface area contributed by atoms with E-state index in [0.717, 1.165) is 56.8 Å². The molecule has 2 heterocycles. The Hall–Kier alpha value is -1.36. The van der Waals surface area contributed by atoms with E-state index in [4.69, 9.17) is 0 Å². The lowest BCUT2D eigenvalue weighted by molar-refractivity contribution is -0.137. The molecule has 0 bridgehead atoms. The molecule has 1 aliphatic carbocycles. The monoisotopic (exact) mass is 248 g/mol. The Morgan fingerprint density at radius 1 is 1.39 bits per heavy atom. The van der Waals surface area contributed by atoms with Crippen molar-refractivity contribution < 1.29 is 4.79 Å². The minimum absolute atomic E-state index is 0.154. The molecular formula is C13H20N4O. The van der Waals surface area contributed by atoms with Crippen molar-refractivity contribution in [2.75, 3.05) is 33.2 Å². The summed E-state index contributed by atoms with van der Waals surface area (Å²) >= 11 is 0. The molecule has 18 heavy (non-hydrogen) atoms. The summed E-state index contributed by atoms with van der Waals surface area (Å²) in [6, 6.07) is 0. The highest BCUT2D eigenvalue weighted by Gasteiger charge is 2.30. The number of aryl methyl sites for hydroxylation is 1. The van der Waals surface area contributed by atoms with Crippen molar-refractivity contribution in [3.05, 3.63) is 17.7 Å². The fraction of sp³-hybridized carbons (Fsp3) is 0.692. The third-order valence-corrected chi connectivity index (χ3v) is 4.15. The number of nitrogens with zero attached hydrogens (tertiary/aromatic N) is 3. The molecule has 1 unspecified atom stereocenters. The fourth-order valence-electron chi connectivity index (χ4n) is 2.90. The van der Waals surface area contributed by atoms with Gasteiger partial charge in [-0.25, -0.2) is 4.98 Å². The molecule has 1 aliphatic heterocycles. The molecule has 1 fully saturated rings. The maximum atomic E-state index is 12.5. The Morgan fingerprint density at radius 3 is 2.94 bits per heavy atom. The maximum Gasteiger partial charge on any atom is 0.226 e. The first kappa shape index (κ1) is 11.7. The van der Waals surface area contributed by atoms with Gasteiger partial charge in [-0.1, -0.05) is 0 Å². The van der Waals surface area contributed by atoms with E-state index >= 15 is 0 Å². The predicted molar refractivity (Wildman–Crippen MR) is 68.2 cm³/mol. The number of rotatable bonds is 1. The summed E-state index contributed by atoms with van der Waals surface area (Å²) in [7, 11) is 2.11. The molecule has 1 saturated heterocycles. The summed E-state index contributed by atoms with van der Waals surface area (Å²) in [5, 5.41) is 0. The minimum Gasteiger partial charge on any atom is -0.348 e. The van der Waals surface area contributed by atoms with Crippen LogP contribution in [0.3, 0.4) is 0 Å². The van der Waals surface area contributed by atoms with Gasteiger partial charge in [-0.3, -0.25) is 4.79 Å². The highest BCUT2D eigenvalue weighted by molar-refractivity contribution is 5.79. The minimum atomic E-state index is 0.154. The summed E-state index contributed by atoms with van der Waals surface area (Å²) in [5.74, 6) is 0.490. The van der Waals surface area contributed by atoms with Crippen molar-refractivity contribution in [3.8, 4) is 0 Å². The van der Waals surface area contributed by atoms with E-state index in [1.165, 1.54) is 0 Å². The van der Waals surface area contributed by atoms with Crippen LogP contribution in [0.4, 0.5) is 0 Å². The molecule has 5 nitrogen and oxygen atoms in total. The van der Waals surface area contributed by atoms with Crippen LogP contribution in [0, 0.1) is 5.92 Å². The number of hydrogen-bond donors (Lipinski definition) is 1. The van der Waals surface area contributed by atoms with Crippen LogP contribution in [-0.4, -0.2) is 58.9 Å². The maximum absolute atomic E-state index is 12.5. The van der Waals surface area contributed by atoms with Gasteiger partial charge in [-0.05, 0) is 19.9 Å². The second-order valence-corrected chi connectivity index (χ2v) is 5.40. The number of hydrogen-bond acceptors (Lipinski definition) is 3. The number of carbonyl (C=O) groups excluding carboxylic acids is 1. The molecule has 0 spiro atoms. The average Bonchev–Trinajstić information content (AvgIpc) is 2.86. The van der Waals surface area contributed by atoms with Gasteiger partial charge in [0, 0.05) is 44.2 Å². The molecule has 1 aromatic heterocycles.